The van der Waals surface area contributed by atoms with E-state index in [1.807, 2.05) is 48.2 Å². The Morgan fingerprint density at radius 2 is 1.96 bits per heavy atom. The van der Waals surface area contributed by atoms with Gasteiger partial charge >= 0.3 is 0 Å². The summed E-state index contributed by atoms with van der Waals surface area (Å²) in [5, 5.41) is 10.7. The average molecular weight is 474 g/mol. The monoisotopic (exact) mass is 474 g/mol. The van der Waals surface area contributed by atoms with Crippen molar-refractivity contribution < 1.29 is 4.52 Å². The van der Waals surface area contributed by atoms with Crippen LogP contribution in [0.1, 0.15) is 26.5 Å². The maximum Gasteiger partial charge on any atom is 0.191 e. The van der Waals surface area contributed by atoms with E-state index in [1.54, 1.807) is 0 Å². The first-order valence-corrected chi connectivity index (χ1v) is 9.35. The molecule has 0 atom stereocenters. The maximum absolute atomic E-state index is 5.41. The summed E-state index contributed by atoms with van der Waals surface area (Å²) in [5.74, 6) is 1.56. The number of hydrogen-bond donors (Lipinski definition) is 2. The average Bonchev–Trinajstić information content (AvgIpc) is 3.07. The molecule has 1 aromatic carbocycles. The Morgan fingerprint density at radius 3 is 2.60 bits per heavy atom. The van der Waals surface area contributed by atoms with Crippen LogP contribution in [-0.4, -0.2) is 35.2 Å². The summed E-state index contributed by atoms with van der Waals surface area (Å²) >= 11 is 1.83. The highest BCUT2D eigenvalue weighted by atomic mass is 127. The maximum atomic E-state index is 5.41. The molecule has 0 unspecified atom stereocenters. The summed E-state index contributed by atoms with van der Waals surface area (Å²) in [4.78, 5) is 4.59. The second-order valence-corrected chi connectivity index (χ2v) is 7.57. The van der Waals surface area contributed by atoms with Crippen molar-refractivity contribution >= 4 is 41.7 Å². The van der Waals surface area contributed by atoms with Gasteiger partial charge in [0.05, 0.1) is 6.54 Å². The minimum Gasteiger partial charge on any atom is -0.357 e. The first kappa shape index (κ1) is 21.8. The second kappa shape index (κ2) is 10.7. The zero-order valence-electron chi connectivity index (χ0n) is 15.2. The summed E-state index contributed by atoms with van der Waals surface area (Å²) in [6.45, 7) is 8.61. The van der Waals surface area contributed by atoms with Crippen molar-refractivity contribution in [1.82, 2.24) is 15.8 Å². The van der Waals surface area contributed by atoms with E-state index in [-0.39, 0.29) is 28.7 Å². The quantitative estimate of drug-likeness (QED) is 0.359. The number of aliphatic imine (C=N–C) groups is 1. The van der Waals surface area contributed by atoms with Gasteiger partial charge in [-0.2, -0.15) is 11.8 Å². The number of thioether (sulfide) groups is 1. The SMILES string of the molecule is CCNC(=NCc1cc(-c2ccccc2)on1)NCC(C)(C)SC.I. The molecule has 1 heterocycles. The molecule has 2 rings (SSSR count). The molecule has 0 aliphatic carbocycles. The standard InChI is InChI=1S/C18H26N4OS.HI/c1-5-19-17(21-13-18(2,3)24-4)20-12-15-11-16(23-22-15)14-9-7-6-8-10-14;/h6-11H,5,12-13H2,1-4H3,(H2,19,20,21);1H. The van der Waals surface area contributed by atoms with Crippen molar-refractivity contribution in [3.63, 3.8) is 0 Å². The number of guanidine groups is 1. The normalized spacial score (nSPS) is 11.8. The van der Waals surface area contributed by atoms with Crippen molar-refractivity contribution in [2.24, 2.45) is 4.99 Å². The molecular formula is C18H27IN4OS. The Balaban J connectivity index is 0.00000312. The molecule has 0 fully saturated rings. The highest BCUT2D eigenvalue weighted by Gasteiger charge is 2.16. The van der Waals surface area contributed by atoms with Gasteiger partial charge in [0.1, 0.15) is 5.69 Å². The van der Waals surface area contributed by atoms with Crippen LogP contribution >= 0.6 is 35.7 Å². The van der Waals surface area contributed by atoms with Gasteiger partial charge in [-0.3, -0.25) is 0 Å². The van der Waals surface area contributed by atoms with E-state index >= 15 is 0 Å². The molecule has 0 aliphatic heterocycles. The lowest BCUT2D eigenvalue weighted by Crippen LogP contribution is -2.43. The molecule has 138 valence electrons. The molecule has 5 nitrogen and oxygen atoms in total. The van der Waals surface area contributed by atoms with Crippen LogP contribution in [0, 0.1) is 0 Å². The first-order valence-electron chi connectivity index (χ1n) is 8.12. The summed E-state index contributed by atoms with van der Waals surface area (Å²) in [6, 6.07) is 11.9. The topological polar surface area (TPSA) is 62.5 Å². The fraction of sp³-hybridized carbons (Fsp3) is 0.444. The molecule has 25 heavy (non-hydrogen) atoms. The Bertz CT molecular complexity index is 658. The number of hydrogen-bond acceptors (Lipinski definition) is 4. The number of nitrogens with one attached hydrogen (secondary N) is 2. The van der Waals surface area contributed by atoms with E-state index in [1.165, 1.54) is 0 Å². The second-order valence-electron chi connectivity index (χ2n) is 6.06. The highest BCUT2D eigenvalue weighted by Crippen LogP contribution is 2.20. The molecule has 0 spiro atoms. The van der Waals surface area contributed by atoms with Gasteiger partial charge in [-0.25, -0.2) is 4.99 Å². The van der Waals surface area contributed by atoms with E-state index in [9.17, 15) is 0 Å². The molecular weight excluding hydrogens is 447 g/mol. The first-order chi connectivity index (χ1) is 11.5. The lowest BCUT2D eigenvalue weighted by molar-refractivity contribution is 0.424. The molecule has 0 bridgehead atoms. The van der Waals surface area contributed by atoms with E-state index < -0.39 is 0 Å². The van der Waals surface area contributed by atoms with Crippen molar-refractivity contribution in [2.45, 2.75) is 32.1 Å². The summed E-state index contributed by atoms with van der Waals surface area (Å²) in [7, 11) is 0. The Morgan fingerprint density at radius 1 is 1.24 bits per heavy atom. The summed E-state index contributed by atoms with van der Waals surface area (Å²) in [5.41, 5.74) is 1.84. The van der Waals surface area contributed by atoms with E-state index in [0.717, 1.165) is 36.1 Å². The molecule has 2 aromatic rings. The molecule has 0 amide bonds. The molecule has 0 aliphatic rings. The van der Waals surface area contributed by atoms with Crippen LogP contribution in [0.3, 0.4) is 0 Å². The van der Waals surface area contributed by atoms with Gasteiger partial charge in [0.2, 0.25) is 0 Å². The fourth-order valence-electron chi connectivity index (χ4n) is 2.00. The third-order valence-electron chi connectivity index (χ3n) is 3.59. The van der Waals surface area contributed by atoms with Gasteiger partial charge in [-0.1, -0.05) is 35.5 Å². The number of halogens is 1. The van der Waals surface area contributed by atoms with Gasteiger partial charge in [-0.15, -0.1) is 24.0 Å². The number of nitrogens with zero attached hydrogens (tertiary/aromatic N) is 2. The zero-order chi connectivity index (χ0) is 17.4. The molecule has 1 aromatic heterocycles. The van der Waals surface area contributed by atoms with Crippen LogP contribution in [0.15, 0.2) is 45.9 Å². The van der Waals surface area contributed by atoms with Crippen LogP contribution in [-0.2, 0) is 6.54 Å². The van der Waals surface area contributed by atoms with Gasteiger partial charge in [0, 0.05) is 29.5 Å². The Hall–Kier alpha value is -1.22. The summed E-state index contributed by atoms with van der Waals surface area (Å²) < 4.78 is 5.57. The Kier molecular flexibility index (Phi) is 9.34. The van der Waals surface area contributed by atoms with Gasteiger partial charge in [0.25, 0.3) is 0 Å². The zero-order valence-corrected chi connectivity index (χ0v) is 18.4. The molecule has 7 heteroatoms. The van der Waals surface area contributed by atoms with Crippen molar-refractivity contribution in [2.75, 3.05) is 19.3 Å². The van der Waals surface area contributed by atoms with E-state index in [4.69, 9.17) is 4.52 Å². The third-order valence-corrected chi connectivity index (χ3v) is 4.84. The van der Waals surface area contributed by atoms with Gasteiger partial charge in [-0.05, 0) is 27.0 Å². The predicted molar refractivity (Wildman–Crippen MR) is 118 cm³/mol. The number of rotatable bonds is 7. The lowest BCUT2D eigenvalue weighted by atomic mass is 10.2. The van der Waals surface area contributed by atoms with Gasteiger partial charge in [0.15, 0.2) is 11.7 Å². The number of aromatic nitrogens is 1. The third kappa shape index (κ3) is 7.27. The van der Waals surface area contributed by atoms with Crippen LogP contribution in [0.25, 0.3) is 11.3 Å². The predicted octanol–water partition coefficient (Wildman–Crippen LogP) is 4.16. The van der Waals surface area contributed by atoms with Crippen molar-refractivity contribution in [3.8, 4) is 11.3 Å². The van der Waals surface area contributed by atoms with Crippen molar-refractivity contribution in [1.29, 1.82) is 0 Å². The van der Waals surface area contributed by atoms with Crippen LogP contribution < -0.4 is 10.6 Å². The van der Waals surface area contributed by atoms with Gasteiger partial charge < -0.3 is 15.2 Å². The minimum atomic E-state index is 0. The summed E-state index contributed by atoms with van der Waals surface area (Å²) in [6.07, 6.45) is 2.12. The van der Waals surface area contributed by atoms with Crippen LogP contribution in [0.2, 0.25) is 0 Å². The van der Waals surface area contributed by atoms with Crippen LogP contribution in [0.4, 0.5) is 0 Å². The minimum absolute atomic E-state index is 0. The smallest absolute Gasteiger partial charge is 0.191 e. The fourth-order valence-corrected chi connectivity index (χ4v) is 2.21. The Labute approximate surface area is 171 Å². The van der Waals surface area contributed by atoms with Crippen LogP contribution in [0.5, 0.6) is 0 Å². The van der Waals surface area contributed by atoms with E-state index in [0.29, 0.717) is 6.54 Å². The molecule has 0 saturated carbocycles. The van der Waals surface area contributed by atoms with E-state index in [2.05, 4.69) is 47.8 Å². The van der Waals surface area contributed by atoms with Crippen molar-refractivity contribution in [3.05, 3.63) is 42.1 Å². The highest BCUT2D eigenvalue weighted by molar-refractivity contribution is 14.0. The molecule has 2 N–H and O–H groups in total. The molecule has 0 radical (unpaired) electrons. The number of benzene rings is 1. The lowest BCUT2D eigenvalue weighted by Gasteiger charge is -2.23. The largest absolute Gasteiger partial charge is 0.357 e. The molecule has 0 saturated heterocycles.